The van der Waals surface area contributed by atoms with Crippen molar-refractivity contribution in [2.24, 2.45) is 0 Å². The number of rotatable bonds is 4. The van der Waals surface area contributed by atoms with Crippen LogP contribution in [0.15, 0.2) is 0 Å². The first-order valence-corrected chi connectivity index (χ1v) is 10.0. The van der Waals surface area contributed by atoms with E-state index in [1.54, 1.807) is 4.90 Å². The van der Waals surface area contributed by atoms with Crippen LogP contribution in [0.25, 0.3) is 0 Å². The van der Waals surface area contributed by atoms with Gasteiger partial charge < -0.3 is 9.64 Å². The Labute approximate surface area is 171 Å². The van der Waals surface area contributed by atoms with Crippen molar-refractivity contribution in [1.29, 1.82) is 0 Å². The Morgan fingerprint density at radius 2 is 1.43 bits per heavy atom. The zero-order chi connectivity index (χ0) is 21.4. The average Bonchev–Trinajstić information content (AvgIpc) is 3.24. The minimum absolute atomic E-state index is 0.0673. The zero-order valence-corrected chi connectivity index (χ0v) is 16.2. The summed E-state index contributed by atoms with van der Waals surface area (Å²) in [6.07, 6.45) is 3.35. The predicted octanol–water partition coefficient (Wildman–Crippen LogP) is 3.38. The van der Waals surface area contributed by atoms with E-state index in [1.807, 2.05) is 0 Å². The van der Waals surface area contributed by atoms with Gasteiger partial charge in [0.15, 0.2) is 5.75 Å². The molecule has 9 heteroatoms. The zero-order valence-electron chi connectivity index (χ0n) is 16.2. The van der Waals surface area contributed by atoms with Gasteiger partial charge in [-0.3, -0.25) is 9.69 Å². The number of likely N-dealkylation sites (tertiary alicyclic amines) is 1. The van der Waals surface area contributed by atoms with Gasteiger partial charge in [0.1, 0.15) is 6.10 Å². The molecule has 3 saturated heterocycles. The minimum Gasteiger partial charge on any atom is -0.484 e. The maximum Gasteiger partial charge on any atom is 0.223 e. The van der Waals surface area contributed by atoms with Crippen molar-refractivity contribution < 1.29 is 31.5 Å². The smallest absolute Gasteiger partial charge is 0.223 e. The number of ether oxygens (including phenoxy) is 1. The summed E-state index contributed by atoms with van der Waals surface area (Å²) in [5.41, 5.74) is 0. The maximum absolute atomic E-state index is 13.9. The summed E-state index contributed by atoms with van der Waals surface area (Å²) in [5.74, 6) is -5.06. The summed E-state index contributed by atoms with van der Waals surface area (Å²) < 4.78 is 73.1. The molecule has 0 aliphatic carbocycles. The quantitative estimate of drug-likeness (QED) is 0.319. The largest absolute Gasteiger partial charge is 0.484 e. The highest BCUT2D eigenvalue weighted by molar-refractivity contribution is 5.78. The van der Waals surface area contributed by atoms with E-state index in [2.05, 4.69) is 16.7 Å². The van der Waals surface area contributed by atoms with Crippen LogP contribution in [0.3, 0.4) is 0 Å². The Kier molecular flexibility index (Phi) is 5.87. The van der Waals surface area contributed by atoms with Crippen LogP contribution >= 0.6 is 0 Å². The fraction of sp³-hybridized carbons (Fsp3) is 0.571. The molecule has 4 nitrogen and oxygen atoms in total. The number of hydrogen-bond acceptors (Lipinski definition) is 3. The van der Waals surface area contributed by atoms with Crippen molar-refractivity contribution in [3.8, 4) is 17.6 Å². The van der Waals surface area contributed by atoms with Gasteiger partial charge in [-0.05, 0) is 32.1 Å². The summed E-state index contributed by atoms with van der Waals surface area (Å²) in [6.45, 7) is 1.65. The number of amides is 1. The van der Waals surface area contributed by atoms with Gasteiger partial charge in [-0.2, -0.15) is 8.78 Å². The van der Waals surface area contributed by atoms with E-state index in [-0.39, 0.29) is 18.0 Å². The van der Waals surface area contributed by atoms with Gasteiger partial charge in [-0.1, -0.05) is 11.8 Å². The van der Waals surface area contributed by atoms with Crippen molar-refractivity contribution in [2.75, 3.05) is 19.6 Å². The minimum atomic E-state index is -2.19. The SMILES string of the molecule is O=C1CCCN1CC#CCN1[C@@H]2CC[C@H]1CC(Oc1c(F)c(F)c(F)c(F)c1F)C2. The number of benzene rings is 1. The molecule has 0 aromatic heterocycles. The van der Waals surface area contributed by atoms with Gasteiger partial charge in [0.2, 0.25) is 35.0 Å². The first-order chi connectivity index (χ1) is 14.4. The van der Waals surface area contributed by atoms with Crippen LogP contribution in [0.4, 0.5) is 22.0 Å². The molecule has 4 rings (SSSR count). The van der Waals surface area contributed by atoms with Crippen LogP contribution in [0.1, 0.15) is 38.5 Å². The molecule has 1 unspecified atom stereocenters. The van der Waals surface area contributed by atoms with E-state index in [0.29, 0.717) is 32.4 Å². The molecule has 162 valence electrons. The molecule has 1 aromatic rings. The second kappa shape index (κ2) is 8.42. The third-order valence-electron chi connectivity index (χ3n) is 6.12. The van der Waals surface area contributed by atoms with Gasteiger partial charge in [-0.25, -0.2) is 13.2 Å². The summed E-state index contributed by atoms with van der Waals surface area (Å²) >= 11 is 0. The molecule has 3 aliphatic heterocycles. The molecule has 2 bridgehead atoms. The molecule has 3 fully saturated rings. The van der Waals surface area contributed by atoms with Gasteiger partial charge in [0.25, 0.3) is 0 Å². The molecular formula is C21H21F5N2O2. The van der Waals surface area contributed by atoms with Crippen LogP contribution < -0.4 is 4.74 Å². The lowest BCUT2D eigenvalue weighted by Gasteiger charge is -2.37. The second-order valence-corrected chi connectivity index (χ2v) is 7.94. The monoisotopic (exact) mass is 428 g/mol. The van der Waals surface area contributed by atoms with Gasteiger partial charge in [-0.15, -0.1) is 0 Å². The summed E-state index contributed by atoms with van der Waals surface area (Å²) in [6, 6.07) is 0.135. The number of fused-ring (bicyclic) bond motifs is 2. The van der Waals surface area contributed by atoms with Gasteiger partial charge in [0, 0.05) is 25.0 Å². The number of carbonyl (C=O) groups is 1. The van der Waals surface area contributed by atoms with Crippen LogP contribution in [-0.2, 0) is 4.79 Å². The van der Waals surface area contributed by atoms with Gasteiger partial charge >= 0.3 is 0 Å². The summed E-state index contributed by atoms with van der Waals surface area (Å²) in [4.78, 5) is 15.5. The third kappa shape index (κ3) is 3.85. The predicted molar refractivity (Wildman–Crippen MR) is 97.0 cm³/mol. The first-order valence-electron chi connectivity index (χ1n) is 10.0. The van der Waals surface area contributed by atoms with E-state index in [1.165, 1.54) is 0 Å². The highest BCUT2D eigenvalue weighted by atomic mass is 19.2. The number of hydrogen-bond donors (Lipinski definition) is 0. The number of piperidine rings is 1. The molecule has 3 aliphatic rings. The fourth-order valence-corrected chi connectivity index (χ4v) is 4.60. The summed E-state index contributed by atoms with van der Waals surface area (Å²) in [5, 5.41) is 0. The lowest BCUT2D eigenvalue weighted by molar-refractivity contribution is -0.127. The lowest BCUT2D eigenvalue weighted by Crippen LogP contribution is -2.46. The van der Waals surface area contributed by atoms with Crippen molar-refractivity contribution in [2.45, 2.75) is 56.7 Å². The van der Waals surface area contributed by atoms with Crippen LogP contribution in [0.5, 0.6) is 5.75 Å². The molecule has 3 heterocycles. The Morgan fingerprint density at radius 3 is 2.00 bits per heavy atom. The van der Waals surface area contributed by atoms with E-state index < -0.39 is 40.9 Å². The Bertz CT molecular complexity index is 870. The molecule has 1 amide bonds. The average molecular weight is 428 g/mol. The third-order valence-corrected chi connectivity index (χ3v) is 6.12. The Hall–Kier alpha value is -2.34. The molecule has 0 saturated carbocycles. The molecule has 0 N–H and O–H groups in total. The highest BCUT2D eigenvalue weighted by Crippen LogP contribution is 2.38. The van der Waals surface area contributed by atoms with E-state index >= 15 is 0 Å². The second-order valence-electron chi connectivity index (χ2n) is 7.94. The van der Waals surface area contributed by atoms with Crippen LogP contribution in [0, 0.1) is 40.9 Å². The molecule has 3 atom stereocenters. The number of nitrogens with zero attached hydrogens (tertiary/aromatic N) is 2. The number of carbonyl (C=O) groups excluding carboxylic acids is 1. The van der Waals surface area contributed by atoms with Crippen molar-refractivity contribution in [3.05, 3.63) is 29.1 Å². The molecule has 1 aromatic carbocycles. The molecule has 0 spiro atoms. The van der Waals surface area contributed by atoms with Crippen LogP contribution in [-0.4, -0.2) is 53.5 Å². The normalized spacial score (nSPS) is 26.1. The van der Waals surface area contributed by atoms with Crippen LogP contribution in [0.2, 0.25) is 0 Å². The highest BCUT2D eigenvalue weighted by Gasteiger charge is 2.42. The molecular weight excluding hydrogens is 407 g/mol. The fourth-order valence-electron chi connectivity index (χ4n) is 4.60. The molecule has 30 heavy (non-hydrogen) atoms. The Balaban J connectivity index is 1.37. The topological polar surface area (TPSA) is 32.8 Å². The van der Waals surface area contributed by atoms with E-state index in [9.17, 15) is 26.7 Å². The maximum atomic E-state index is 13.9. The van der Waals surface area contributed by atoms with E-state index in [0.717, 1.165) is 25.8 Å². The van der Waals surface area contributed by atoms with Crippen molar-refractivity contribution >= 4 is 5.91 Å². The van der Waals surface area contributed by atoms with Gasteiger partial charge in [0.05, 0.1) is 13.1 Å². The van der Waals surface area contributed by atoms with Crippen molar-refractivity contribution in [3.63, 3.8) is 0 Å². The summed E-state index contributed by atoms with van der Waals surface area (Å²) in [7, 11) is 0. The Morgan fingerprint density at radius 1 is 0.867 bits per heavy atom. The molecule has 0 radical (unpaired) electrons. The lowest BCUT2D eigenvalue weighted by atomic mass is 9.99. The standard InChI is InChI=1S/C21H21F5N2O2/c22-16-17(23)19(25)21(20(26)18(16)24)30-14-10-12-5-6-13(11-14)28(12)9-2-1-7-27-8-3-4-15(27)29/h12-14H,3-11H2/t12-,13+,14?. The first kappa shape index (κ1) is 20.9. The van der Waals surface area contributed by atoms with Crippen molar-refractivity contribution in [1.82, 2.24) is 9.80 Å². The van der Waals surface area contributed by atoms with E-state index in [4.69, 9.17) is 4.74 Å². The number of halogens is 5.